The highest BCUT2D eigenvalue weighted by atomic mass is 32.2. The van der Waals surface area contributed by atoms with Crippen LogP contribution < -0.4 is 0 Å². The average molecular weight is 495 g/mol. The van der Waals surface area contributed by atoms with Gasteiger partial charge in [-0.2, -0.15) is 23.5 Å². The van der Waals surface area contributed by atoms with Crippen molar-refractivity contribution in [2.24, 2.45) is 0 Å². The van der Waals surface area contributed by atoms with Gasteiger partial charge >= 0.3 is 0 Å². The van der Waals surface area contributed by atoms with Crippen LogP contribution in [0.5, 0.6) is 0 Å². The Labute approximate surface area is 195 Å². The lowest BCUT2D eigenvalue weighted by Crippen LogP contribution is -2.17. The first-order chi connectivity index (χ1) is 13.7. The SMILES string of the molecule is CSCC(c1cccc(C(CSC)C2SCC(CO)S2)c1)C1SCC(CO)S1. The second-order valence-electron chi connectivity index (χ2n) is 7.08. The van der Waals surface area contributed by atoms with E-state index in [9.17, 15) is 10.2 Å². The van der Waals surface area contributed by atoms with Crippen molar-refractivity contribution >= 4 is 70.6 Å². The van der Waals surface area contributed by atoms with Crippen LogP contribution in [-0.4, -0.2) is 78.6 Å². The maximum atomic E-state index is 9.54. The van der Waals surface area contributed by atoms with Gasteiger partial charge in [-0.05, 0) is 23.6 Å². The molecule has 0 amide bonds. The number of benzene rings is 1. The zero-order valence-electron chi connectivity index (χ0n) is 16.4. The van der Waals surface area contributed by atoms with E-state index < -0.39 is 0 Å². The van der Waals surface area contributed by atoms with Gasteiger partial charge < -0.3 is 10.2 Å². The number of thioether (sulfide) groups is 6. The minimum absolute atomic E-state index is 0.290. The van der Waals surface area contributed by atoms with Crippen LogP contribution in [0.2, 0.25) is 0 Å². The summed E-state index contributed by atoms with van der Waals surface area (Å²) in [5.41, 5.74) is 2.90. The third-order valence-electron chi connectivity index (χ3n) is 5.07. The Balaban J connectivity index is 1.80. The standard InChI is InChI=1S/C20H30O2S6/c1-23-11-17(19-25-9-15(7-21)27-19)13-4-3-5-14(6-13)18(12-24-2)20-26-10-16(8-22)28-20/h3-6,15-22H,7-12H2,1-2H3. The van der Waals surface area contributed by atoms with Gasteiger partial charge in [-0.15, -0.1) is 47.0 Å². The molecule has 0 saturated carbocycles. The lowest BCUT2D eigenvalue weighted by atomic mass is 9.95. The monoisotopic (exact) mass is 494 g/mol. The van der Waals surface area contributed by atoms with Crippen molar-refractivity contribution in [1.82, 2.24) is 0 Å². The maximum absolute atomic E-state index is 9.54. The molecule has 2 nitrogen and oxygen atoms in total. The molecule has 2 saturated heterocycles. The van der Waals surface area contributed by atoms with Gasteiger partial charge in [0.15, 0.2) is 0 Å². The van der Waals surface area contributed by atoms with Crippen molar-refractivity contribution in [3.05, 3.63) is 35.4 Å². The van der Waals surface area contributed by atoms with E-state index >= 15 is 0 Å². The number of rotatable bonds is 10. The molecule has 0 radical (unpaired) electrons. The summed E-state index contributed by atoms with van der Waals surface area (Å²) in [4.78, 5) is 0. The fourth-order valence-electron chi connectivity index (χ4n) is 3.60. The summed E-state index contributed by atoms with van der Waals surface area (Å²) >= 11 is 11.8. The van der Waals surface area contributed by atoms with Crippen molar-refractivity contribution in [3.63, 3.8) is 0 Å². The Morgan fingerprint density at radius 3 is 1.71 bits per heavy atom. The van der Waals surface area contributed by atoms with E-state index in [2.05, 4.69) is 36.8 Å². The Bertz CT molecular complexity index is 557. The summed E-state index contributed by atoms with van der Waals surface area (Å²) in [5.74, 6) is 5.40. The zero-order chi connectivity index (χ0) is 19.9. The molecular formula is C20H30O2S6. The molecule has 1 aromatic carbocycles. The molecule has 0 aliphatic carbocycles. The lowest BCUT2D eigenvalue weighted by molar-refractivity contribution is 0.301. The molecule has 2 heterocycles. The second kappa shape index (κ2) is 12.3. The Morgan fingerprint density at radius 1 is 0.893 bits per heavy atom. The van der Waals surface area contributed by atoms with Gasteiger partial charge in [-0.3, -0.25) is 0 Å². The second-order valence-corrected chi connectivity index (χ2v) is 14.7. The van der Waals surface area contributed by atoms with Crippen LogP contribution in [0.15, 0.2) is 24.3 Å². The van der Waals surface area contributed by atoms with Crippen LogP contribution in [0.4, 0.5) is 0 Å². The van der Waals surface area contributed by atoms with Gasteiger partial charge in [0.1, 0.15) is 0 Å². The van der Waals surface area contributed by atoms with Crippen LogP contribution in [0.1, 0.15) is 23.0 Å². The number of hydrogen-bond donors (Lipinski definition) is 2. The normalized spacial score (nSPS) is 29.9. The molecule has 0 spiro atoms. The van der Waals surface area contributed by atoms with E-state index in [0.717, 1.165) is 23.0 Å². The van der Waals surface area contributed by atoms with Crippen molar-refractivity contribution in [1.29, 1.82) is 0 Å². The smallest absolute Gasteiger partial charge is 0.0583 e. The minimum atomic E-state index is 0.290. The van der Waals surface area contributed by atoms with Crippen molar-refractivity contribution < 1.29 is 10.2 Å². The summed E-state index contributed by atoms with van der Waals surface area (Å²) in [6.07, 6.45) is 4.39. The fourth-order valence-corrected chi connectivity index (χ4v) is 12.5. The van der Waals surface area contributed by atoms with E-state index in [4.69, 9.17) is 0 Å². The first-order valence-corrected chi connectivity index (χ1v) is 16.3. The van der Waals surface area contributed by atoms with E-state index in [1.807, 2.05) is 70.6 Å². The van der Waals surface area contributed by atoms with Crippen molar-refractivity contribution in [3.8, 4) is 0 Å². The molecule has 6 unspecified atom stereocenters. The number of hydrogen-bond acceptors (Lipinski definition) is 8. The predicted octanol–water partition coefficient (Wildman–Crippen LogP) is 4.91. The zero-order valence-corrected chi connectivity index (χ0v) is 21.3. The summed E-state index contributed by atoms with van der Waals surface area (Å²) in [7, 11) is 0. The topological polar surface area (TPSA) is 40.5 Å². The van der Waals surface area contributed by atoms with Gasteiger partial charge in [0.05, 0.1) is 22.4 Å². The Hall–Kier alpha value is 1.24. The molecule has 0 bridgehead atoms. The molecule has 2 N–H and O–H groups in total. The largest absolute Gasteiger partial charge is 0.395 e. The van der Waals surface area contributed by atoms with Crippen molar-refractivity contribution in [2.75, 3.05) is 48.7 Å². The first-order valence-electron chi connectivity index (χ1n) is 9.53. The molecular weight excluding hydrogens is 465 g/mol. The highest BCUT2D eigenvalue weighted by molar-refractivity contribution is 8.21. The molecule has 3 rings (SSSR count). The molecule has 0 aromatic heterocycles. The quantitative estimate of drug-likeness (QED) is 0.475. The lowest BCUT2D eigenvalue weighted by Gasteiger charge is -2.26. The van der Waals surface area contributed by atoms with E-state index in [1.54, 1.807) is 0 Å². The van der Waals surface area contributed by atoms with Gasteiger partial charge in [0.2, 0.25) is 0 Å². The van der Waals surface area contributed by atoms with Gasteiger partial charge in [-0.1, -0.05) is 24.3 Å². The number of aliphatic hydroxyl groups excluding tert-OH is 2. The first kappa shape index (κ1) is 23.9. The maximum Gasteiger partial charge on any atom is 0.0583 e. The van der Waals surface area contributed by atoms with Crippen LogP contribution in [0, 0.1) is 0 Å². The van der Waals surface area contributed by atoms with E-state index in [1.165, 1.54) is 11.1 Å². The molecule has 2 fully saturated rings. The molecule has 28 heavy (non-hydrogen) atoms. The summed E-state index contributed by atoms with van der Waals surface area (Å²) in [5, 5.41) is 19.8. The van der Waals surface area contributed by atoms with Crippen LogP contribution in [0.25, 0.3) is 0 Å². The third-order valence-corrected chi connectivity index (χ3v) is 13.5. The molecule has 2 aliphatic rings. The Kier molecular flexibility index (Phi) is 10.5. The predicted molar refractivity (Wildman–Crippen MR) is 138 cm³/mol. The summed E-state index contributed by atoms with van der Waals surface area (Å²) in [6.45, 7) is 0.580. The third kappa shape index (κ3) is 6.15. The summed E-state index contributed by atoms with van der Waals surface area (Å²) in [6, 6.07) is 9.31. The molecule has 8 heteroatoms. The van der Waals surface area contributed by atoms with Gasteiger partial charge in [0.25, 0.3) is 0 Å². The fraction of sp³-hybridized carbons (Fsp3) is 0.700. The van der Waals surface area contributed by atoms with Gasteiger partial charge in [0, 0.05) is 45.3 Å². The molecule has 158 valence electrons. The molecule has 1 aromatic rings. The molecule has 2 aliphatic heterocycles. The van der Waals surface area contributed by atoms with Gasteiger partial charge in [-0.25, -0.2) is 0 Å². The Morgan fingerprint density at radius 2 is 1.36 bits per heavy atom. The minimum Gasteiger partial charge on any atom is -0.395 e. The highest BCUT2D eigenvalue weighted by Crippen LogP contribution is 2.49. The van der Waals surface area contributed by atoms with Crippen LogP contribution in [-0.2, 0) is 0 Å². The highest BCUT2D eigenvalue weighted by Gasteiger charge is 2.35. The summed E-state index contributed by atoms with van der Waals surface area (Å²) < 4.78 is 1.07. The van der Waals surface area contributed by atoms with Crippen LogP contribution >= 0.6 is 70.6 Å². The van der Waals surface area contributed by atoms with Crippen LogP contribution in [0.3, 0.4) is 0 Å². The average Bonchev–Trinajstić information content (AvgIpc) is 3.39. The van der Waals surface area contributed by atoms with Crippen molar-refractivity contribution in [2.45, 2.75) is 31.5 Å². The van der Waals surface area contributed by atoms with E-state index in [-0.39, 0.29) is 13.2 Å². The number of aliphatic hydroxyl groups is 2. The van der Waals surface area contributed by atoms with E-state index in [0.29, 0.717) is 31.5 Å². The molecule has 6 atom stereocenters.